The first-order valence-corrected chi connectivity index (χ1v) is 5.92. The van der Waals surface area contributed by atoms with E-state index in [0.29, 0.717) is 4.99 Å². The first kappa shape index (κ1) is 12.9. The molecule has 0 spiro atoms. The van der Waals surface area contributed by atoms with Crippen LogP contribution in [-0.2, 0) is 0 Å². The lowest BCUT2D eigenvalue weighted by atomic mass is 10.1. The van der Waals surface area contributed by atoms with Crippen molar-refractivity contribution >= 4 is 23.0 Å². The van der Waals surface area contributed by atoms with Crippen LogP contribution in [-0.4, -0.2) is 23.1 Å². The molecule has 1 heterocycles. The highest BCUT2D eigenvalue weighted by Crippen LogP contribution is 2.13. The molecule has 3 nitrogen and oxygen atoms in total. The van der Waals surface area contributed by atoms with Crippen LogP contribution in [0, 0.1) is 12.8 Å². The van der Waals surface area contributed by atoms with E-state index in [1.807, 2.05) is 19.2 Å². The van der Waals surface area contributed by atoms with Gasteiger partial charge in [-0.05, 0) is 31.5 Å². The first-order chi connectivity index (χ1) is 7.54. The Morgan fingerprint density at radius 2 is 2.31 bits per heavy atom. The van der Waals surface area contributed by atoms with Crippen molar-refractivity contribution in [1.82, 2.24) is 4.98 Å². The van der Waals surface area contributed by atoms with Gasteiger partial charge in [-0.3, -0.25) is 0 Å². The number of thiocarbonyl (C=S) groups is 1. The Morgan fingerprint density at radius 3 is 2.81 bits per heavy atom. The maximum absolute atomic E-state index is 5.63. The van der Waals surface area contributed by atoms with Gasteiger partial charge in [0.15, 0.2) is 0 Å². The minimum atomic E-state index is 0.206. The van der Waals surface area contributed by atoms with Crippen LogP contribution in [0.25, 0.3) is 0 Å². The van der Waals surface area contributed by atoms with Crippen molar-refractivity contribution in [3.63, 3.8) is 0 Å². The molecule has 4 heteroatoms. The van der Waals surface area contributed by atoms with Crippen LogP contribution in [0.5, 0.6) is 0 Å². The molecular weight excluding hydrogens is 218 g/mol. The summed E-state index contributed by atoms with van der Waals surface area (Å²) in [5.41, 5.74) is 6.85. The number of rotatable bonds is 5. The van der Waals surface area contributed by atoms with Crippen molar-refractivity contribution in [2.24, 2.45) is 11.7 Å². The molecule has 0 saturated carbocycles. The van der Waals surface area contributed by atoms with Crippen LogP contribution >= 0.6 is 12.2 Å². The van der Waals surface area contributed by atoms with Gasteiger partial charge < -0.3 is 10.6 Å². The third kappa shape index (κ3) is 3.45. The Balaban J connectivity index is 2.78. The van der Waals surface area contributed by atoms with E-state index >= 15 is 0 Å². The van der Waals surface area contributed by atoms with Gasteiger partial charge in [0.05, 0.1) is 4.99 Å². The number of nitrogens with two attached hydrogens (primary N) is 1. The van der Waals surface area contributed by atoms with Crippen molar-refractivity contribution in [2.75, 3.05) is 18.0 Å². The van der Waals surface area contributed by atoms with Crippen molar-refractivity contribution < 1.29 is 0 Å². The monoisotopic (exact) mass is 237 g/mol. The van der Waals surface area contributed by atoms with Crippen LogP contribution in [0.4, 0.5) is 5.82 Å². The summed E-state index contributed by atoms with van der Waals surface area (Å²) in [6.45, 7) is 7.94. The standard InChI is InChI=1S/C12H19N3S/c1-4-15(8-10(3)12(13)16)11-7-9(2)5-6-14-11/h5-7,10H,4,8H2,1-3H3,(H2,13,16). The highest BCUT2D eigenvalue weighted by Gasteiger charge is 2.12. The second kappa shape index (κ2) is 5.80. The Hall–Kier alpha value is -1.16. The fourth-order valence-corrected chi connectivity index (χ4v) is 1.57. The van der Waals surface area contributed by atoms with Gasteiger partial charge in [0.25, 0.3) is 0 Å². The zero-order valence-corrected chi connectivity index (χ0v) is 10.9. The zero-order valence-electron chi connectivity index (χ0n) is 10.1. The molecule has 1 unspecified atom stereocenters. The van der Waals surface area contributed by atoms with Crippen LogP contribution in [0.3, 0.4) is 0 Å². The van der Waals surface area contributed by atoms with E-state index in [9.17, 15) is 0 Å². The van der Waals surface area contributed by atoms with Crippen molar-refractivity contribution in [3.8, 4) is 0 Å². The molecule has 0 aromatic carbocycles. The van der Waals surface area contributed by atoms with E-state index in [-0.39, 0.29) is 5.92 Å². The second-order valence-corrected chi connectivity index (χ2v) is 4.50. The minimum absolute atomic E-state index is 0.206. The highest BCUT2D eigenvalue weighted by molar-refractivity contribution is 7.80. The van der Waals surface area contributed by atoms with Crippen LogP contribution in [0.15, 0.2) is 18.3 Å². The maximum atomic E-state index is 5.63. The molecule has 0 amide bonds. The van der Waals surface area contributed by atoms with Gasteiger partial charge in [0.1, 0.15) is 5.82 Å². The van der Waals surface area contributed by atoms with Gasteiger partial charge >= 0.3 is 0 Å². The molecule has 0 bridgehead atoms. The van der Waals surface area contributed by atoms with E-state index in [0.717, 1.165) is 18.9 Å². The average molecular weight is 237 g/mol. The first-order valence-electron chi connectivity index (χ1n) is 5.51. The molecule has 0 aliphatic carbocycles. The van der Waals surface area contributed by atoms with E-state index in [2.05, 4.69) is 29.8 Å². The number of hydrogen-bond acceptors (Lipinski definition) is 3. The van der Waals surface area contributed by atoms with E-state index in [1.54, 1.807) is 0 Å². The molecule has 1 aromatic rings. The molecule has 1 aromatic heterocycles. The summed E-state index contributed by atoms with van der Waals surface area (Å²) in [6, 6.07) is 4.07. The number of aryl methyl sites for hydroxylation is 1. The molecule has 88 valence electrons. The largest absolute Gasteiger partial charge is 0.393 e. The topological polar surface area (TPSA) is 42.1 Å². The van der Waals surface area contributed by atoms with E-state index in [4.69, 9.17) is 18.0 Å². The average Bonchev–Trinajstić information content (AvgIpc) is 2.25. The number of anilines is 1. The van der Waals surface area contributed by atoms with Gasteiger partial charge in [0, 0.05) is 25.2 Å². The summed E-state index contributed by atoms with van der Waals surface area (Å²) >= 11 is 4.99. The SMILES string of the molecule is CCN(CC(C)C(N)=S)c1cc(C)ccn1. The van der Waals surface area contributed by atoms with Gasteiger partial charge in [-0.2, -0.15) is 0 Å². The molecule has 1 atom stereocenters. The minimum Gasteiger partial charge on any atom is -0.393 e. The van der Waals surface area contributed by atoms with Crippen LogP contribution in [0.2, 0.25) is 0 Å². The lowest BCUT2D eigenvalue weighted by molar-refractivity contribution is 0.700. The summed E-state index contributed by atoms with van der Waals surface area (Å²) in [4.78, 5) is 7.12. The van der Waals surface area contributed by atoms with Crippen molar-refractivity contribution in [1.29, 1.82) is 0 Å². The molecule has 0 saturated heterocycles. The maximum Gasteiger partial charge on any atom is 0.128 e. The van der Waals surface area contributed by atoms with Gasteiger partial charge in [0.2, 0.25) is 0 Å². The van der Waals surface area contributed by atoms with Crippen molar-refractivity contribution in [3.05, 3.63) is 23.9 Å². The molecule has 2 N–H and O–H groups in total. The van der Waals surface area contributed by atoms with Crippen LogP contribution < -0.4 is 10.6 Å². The lowest BCUT2D eigenvalue weighted by Gasteiger charge is -2.25. The summed E-state index contributed by atoms with van der Waals surface area (Å²) in [7, 11) is 0. The van der Waals surface area contributed by atoms with Crippen LogP contribution in [0.1, 0.15) is 19.4 Å². The Morgan fingerprint density at radius 1 is 1.62 bits per heavy atom. The third-order valence-electron chi connectivity index (χ3n) is 2.59. The fraction of sp³-hybridized carbons (Fsp3) is 0.500. The lowest BCUT2D eigenvalue weighted by Crippen LogP contribution is -2.34. The summed E-state index contributed by atoms with van der Waals surface area (Å²) in [5.74, 6) is 1.20. The van der Waals surface area contributed by atoms with Gasteiger partial charge in [-0.1, -0.05) is 19.1 Å². The second-order valence-electron chi connectivity index (χ2n) is 4.03. The third-order valence-corrected chi connectivity index (χ3v) is 2.99. The molecule has 0 fully saturated rings. The van der Waals surface area contributed by atoms with Crippen molar-refractivity contribution in [2.45, 2.75) is 20.8 Å². The molecule has 1 rings (SSSR count). The number of aromatic nitrogens is 1. The number of nitrogens with zero attached hydrogens (tertiary/aromatic N) is 2. The molecule has 0 radical (unpaired) electrons. The Kier molecular flexibility index (Phi) is 4.68. The van der Waals surface area contributed by atoms with Gasteiger partial charge in [-0.15, -0.1) is 0 Å². The normalized spacial score (nSPS) is 12.2. The molecule has 0 aliphatic heterocycles. The van der Waals surface area contributed by atoms with E-state index < -0.39 is 0 Å². The highest BCUT2D eigenvalue weighted by atomic mass is 32.1. The molecule has 16 heavy (non-hydrogen) atoms. The molecule has 0 aliphatic rings. The summed E-state index contributed by atoms with van der Waals surface area (Å²) in [6.07, 6.45) is 1.83. The Labute approximate surface area is 103 Å². The smallest absolute Gasteiger partial charge is 0.128 e. The van der Waals surface area contributed by atoms with Gasteiger partial charge in [-0.25, -0.2) is 4.98 Å². The zero-order chi connectivity index (χ0) is 12.1. The summed E-state index contributed by atoms with van der Waals surface area (Å²) in [5, 5.41) is 0. The fourth-order valence-electron chi connectivity index (χ4n) is 1.50. The van der Waals surface area contributed by atoms with E-state index in [1.165, 1.54) is 5.56 Å². The Bertz CT molecular complexity index is 365. The number of hydrogen-bond donors (Lipinski definition) is 1. The predicted octanol–water partition coefficient (Wildman–Crippen LogP) is 2.14. The number of pyridine rings is 1. The quantitative estimate of drug-likeness (QED) is 0.797. The molecular formula is C12H19N3S. The predicted molar refractivity (Wildman–Crippen MR) is 72.8 cm³/mol. The summed E-state index contributed by atoms with van der Waals surface area (Å²) < 4.78 is 0.